The second-order valence-corrected chi connectivity index (χ2v) is 7.08. The minimum absolute atomic E-state index is 0.140. The first-order chi connectivity index (χ1) is 12.5. The van der Waals surface area contributed by atoms with Gasteiger partial charge in [0.25, 0.3) is 0 Å². The zero-order valence-electron chi connectivity index (χ0n) is 16.2. The van der Waals surface area contributed by atoms with Gasteiger partial charge in [0.15, 0.2) is 0 Å². The molecule has 2 rings (SSSR count). The average molecular weight is 364 g/mol. The van der Waals surface area contributed by atoms with Crippen LogP contribution in [0.3, 0.4) is 0 Å². The Morgan fingerprint density at radius 1 is 1.19 bits per heavy atom. The van der Waals surface area contributed by atoms with Crippen molar-refractivity contribution in [1.29, 1.82) is 0 Å². The lowest BCUT2D eigenvalue weighted by Gasteiger charge is -2.35. The molecule has 1 aliphatic heterocycles. The van der Waals surface area contributed by atoms with Crippen molar-refractivity contribution in [2.75, 3.05) is 53.0 Å². The fourth-order valence-corrected chi connectivity index (χ4v) is 3.15. The maximum atomic E-state index is 12.0. The number of aliphatic hydroxyl groups excluding tert-OH is 1. The van der Waals surface area contributed by atoms with Crippen molar-refractivity contribution in [3.63, 3.8) is 0 Å². The Balaban J connectivity index is 1.73. The molecule has 1 aromatic carbocycles. The van der Waals surface area contributed by atoms with Gasteiger partial charge in [0.1, 0.15) is 18.5 Å². The lowest BCUT2D eigenvalue weighted by molar-refractivity contribution is -0.134. The first kappa shape index (κ1) is 20.7. The van der Waals surface area contributed by atoms with Crippen LogP contribution in [0.15, 0.2) is 24.3 Å². The summed E-state index contributed by atoms with van der Waals surface area (Å²) in [7, 11) is 1.61. The van der Waals surface area contributed by atoms with Gasteiger partial charge in [-0.25, -0.2) is 0 Å². The summed E-state index contributed by atoms with van der Waals surface area (Å²) in [6.45, 7) is 8.51. The summed E-state index contributed by atoms with van der Waals surface area (Å²) in [5.41, 5.74) is 1.16. The summed E-state index contributed by atoms with van der Waals surface area (Å²) in [5.74, 6) is 1.36. The van der Waals surface area contributed by atoms with Crippen molar-refractivity contribution in [2.45, 2.75) is 32.3 Å². The molecule has 26 heavy (non-hydrogen) atoms. The summed E-state index contributed by atoms with van der Waals surface area (Å²) in [6, 6.07) is 7.97. The molecule has 6 heteroatoms. The first-order valence-corrected chi connectivity index (χ1v) is 9.40. The number of piperazine rings is 1. The molecule has 1 atom stereocenters. The Morgan fingerprint density at radius 3 is 2.54 bits per heavy atom. The summed E-state index contributed by atoms with van der Waals surface area (Å²) in [4.78, 5) is 16.0. The minimum Gasteiger partial charge on any atom is -0.491 e. The van der Waals surface area contributed by atoms with Crippen LogP contribution in [0.4, 0.5) is 0 Å². The molecule has 0 radical (unpaired) electrons. The Labute approximate surface area is 156 Å². The molecular formula is C20H32N2O4. The maximum absolute atomic E-state index is 12.0. The minimum atomic E-state index is -0.550. The number of hydrogen-bond donors (Lipinski definition) is 1. The highest BCUT2D eigenvalue weighted by atomic mass is 16.5. The third-order valence-corrected chi connectivity index (χ3v) is 4.69. The largest absolute Gasteiger partial charge is 0.491 e. The molecular weight excluding hydrogens is 332 g/mol. The van der Waals surface area contributed by atoms with Gasteiger partial charge >= 0.3 is 0 Å². The summed E-state index contributed by atoms with van der Waals surface area (Å²) in [6.07, 6.45) is -0.117. The Kier molecular flexibility index (Phi) is 8.35. The molecule has 1 unspecified atom stereocenters. The third kappa shape index (κ3) is 6.27. The van der Waals surface area contributed by atoms with E-state index in [1.165, 1.54) is 0 Å². The number of rotatable bonds is 9. The van der Waals surface area contributed by atoms with Gasteiger partial charge in [0.05, 0.1) is 13.0 Å². The van der Waals surface area contributed by atoms with Gasteiger partial charge < -0.3 is 19.5 Å². The normalized spacial score (nSPS) is 16.7. The predicted octanol–water partition coefficient (Wildman–Crippen LogP) is 1.73. The number of ether oxygens (including phenoxy) is 2. The quantitative estimate of drug-likeness (QED) is 0.723. The maximum Gasteiger partial charge on any atom is 0.224 e. The SMILES string of the molecule is COCCC(=O)N1CCN(CC(O)COc2ccccc2C(C)C)CC1. The number of methoxy groups -OCH3 is 1. The van der Waals surface area contributed by atoms with Crippen LogP contribution in [0.25, 0.3) is 0 Å². The molecule has 1 aliphatic rings. The van der Waals surface area contributed by atoms with Crippen LogP contribution in [0.5, 0.6) is 5.75 Å². The van der Waals surface area contributed by atoms with E-state index < -0.39 is 6.10 Å². The van der Waals surface area contributed by atoms with Crippen LogP contribution in [0.2, 0.25) is 0 Å². The zero-order valence-corrected chi connectivity index (χ0v) is 16.2. The highest BCUT2D eigenvalue weighted by Gasteiger charge is 2.22. The molecule has 146 valence electrons. The van der Waals surface area contributed by atoms with Crippen LogP contribution in [-0.2, 0) is 9.53 Å². The van der Waals surface area contributed by atoms with Crippen LogP contribution in [0.1, 0.15) is 31.7 Å². The molecule has 0 aromatic heterocycles. The third-order valence-electron chi connectivity index (χ3n) is 4.69. The van der Waals surface area contributed by atoms with Gasteiger partial charge in [-0.15, -0.1) is 0 Å². The molecule has 1 aromatic rings. The number of hydrogen-bond acceptors (Lipinski definition) is 5. The molecule has 1 heterocycles. The summed E-state index contributed by atoms with van der Waals surface area (Å²) < 4.78 is 10.8. The second-order valence-electron chi connectivity index (χ2n) is 7.08. The van der Waals surface area contributed by atoms with Crippen molar-refractivity contribution in [2.24, 2.45) is 0 Å². The van der Waals surface area contributed by atoms with E-state index in [2.05, 4.69) is 24.8 Å². The topological polar surface area (TPSA) is 62.2 Å². The van der Waals surface area contributed by atoms with E-state index in [4.69, 9.17) is 9.47 Å². The van der Waals surface area contributed by atoms with Gasteiger partial charge in [0.2, 0.25) is 5.91 Å². The van der Waals surface area contributed by atoms with Crippen molar-refractivity contribution in [3.05, 3.63) is 29.8 Å². The monoisotopic (exact) mass is 364 g/mol. The molecule has 1 fully saturated rings. The van der Waals surface area contributed by atoms with E-state index in [0.29, 0.717) is 38.6 Å². The van der Waals surface area contributed by atoms with E-state index in [0.717, 1.165) is 24.4 Å². The van der Waals surface area contributed by atoms with Crippen molar-refractivity contribution in [3.8, 4) is 5.75 Å². The standard InChI is InChI=1S/C20H32N2O4/c1-16(2)18-6-4-5-7-19(18)26-15-17(23)14-21-9-11-22(12-10-21)20(24)8-13-25-3/h4-7,16-17,23H,8-15H2,1-3H3. The number of carbonyl (C=O) groups excluding carboxylic acids is 1. The zero-order chi connectivity index (χ0) is 18.9. The number of amides is 1. The van der Waals surface area contributed by atoms with E-state index in [1.807, 2.05) is 23.1 Å². The molecule has 0 aliphatic carbocycles. The molecule has 1 N–H and O–H groups in total. The van der Waals surface area contributed by atoms with Gasteiger partial charge in [-0.1, -0.05) is 32.0 Å². The fraction of sp³-hybridized carbons (Fsp3) is 0.650. The molecule has 0 saturated carbocycles. The van der Waals surface area contributed by atoms with Crippen molar-refractivity contribution < 1.29 is 19.4 Å². The Bertz CT molecular complexity index is 556. The Hall–Kier alpha value is -1.63. The van der Waals surface area contributed by atoms with Gasteiger partial charge in [-0.05, 0) is 17.5 Å². The van der Waals surface area contributed by atoms with E-state index in [9.17, 15) is 9.90 Å². The van der Waals surface area contributed by atoms with Gasteiger partial charge in [-0.3, -0.25) is 9.69 Å². The van der Waals surface area contributed by atoms with E-state index >= 15 is 0 Å². The van der Waals surface area contributed by atoms with E-state index in [1.54, 1.807) is 7.11 Å². The van der Waals surface area contributed by atoms with Crippen molar-refractivity contribution in [1.82, 2.24) is 9.80 Å². The highest BCUT2D eigenvalue weighted by molar-refractivity contribution is 5.76. The number of benzene rings is 1. The molecule has 1 saturated heterocycles. The lowest BCUT2D eigenvalue weighted by Crippen LogP contribution is -2.51. The number of β-amino-alcohol motifs (C(OH)–C–C–N with tert-alkyl or cyclic N) is 1. The van der Waals surface area contributed by atoms with Crippen LogP contribution >= 0.6 is 0 Å². The van der Waals surface area contributed by atoms with Crippen molar-refractivity contribution >= 4 is 5.91 Å². The first-order valence-electron chi connectivity index (χ1n) is 9.40. The molecule has 0 spiro atoms. The summed E-state index contributed by atoms with van der Waals surface area (Å²) >= 11 is 0. The molecule has 0 bridgehead atoms. The van der Waals surface area contributed by atoms with Crippen LogP contribution < -0.4 is 4.74 Å². The Morgan fingerprint density at radius 2 is 1.88 bits per heavy atom. The highest BCUT2D eigenvalue weighted by Crippen LogP contribution is 2.25. The fourth-order valence-electron chi connectivity index (χ4n) is 3.15. The molecule has 6 nitrogen and oxygen atoms in total. The summed E-state index contributed by atoms with van der Waals surface area (Å²) in [5, 5.41) is 10.3. The average Bonchev–Trinajstić information content (AvgIpc) is 2.65. The van der Waals surface area contributed by atoms with Crippen LogP contribution in [-0.4, -0.2) is 80.0 Å². The number of para-hydroxylation sites is 1. The predicted molar refractivity (Wildman–Crippen MR) is 102 cm³/mol. The van der Waals surface area contributed by atoms with Crippen LogP contribution in [0, 0.1) is 0 Å². The number of aliphatic hydroxyl groups is 1. The smallest absolute Gasteiger partial charge is 0.224 e. The van der Waals surface area contributed by atoms with Gasteiger partial charge in [-0.2, -0.15) is 0 Å². The number of carbonyl (C=O) groups is 1. The van der Waals surface area contributed by atoms with Gasteiger partial charge in [0, 0.05) is 39.8 Å². The molecule has 1 amide bonds. The second kappa shape index (κ2) is 10.5. The van der Waals surface area contributed by atoms with E-state index in [-0.39, 0.29) is 12.5 Å². The number of nitrogens with zero attached hydrogens (tertiary/aromatic N) is 2. The lowest BCUT2D eigenvalue weighted by atomic mass is 10.0.